The van der Waals surface area contributed by atoms with Crippen LogP contribution in [0.5, 0.6) is 0 Å². The van der Waals surface area contributed by atoms with Gasteiger partial charge in [0.1, 0.15) is 22.5 Å². The van der Waals surface area contributed by atoms with Gasteiger partial charge >= 0.3 is 0 Å². The average molecular weight is 489 g/mol. The van der Waals surface area contributed by atoms with Crippen molar-refractivity contribution in [2.75, 3.05) is 27.2 Å². The Labute approximate surface area is 199 Å². The molecule has 0 spiro atoms. The molecule has 2 aromatic heterocycles. The fourth-order valence-corrected chi connectivity index (χ4v) is 4.11. The molecule has 1 aliphatic heterocycles. The number of pyridine rings is 1. The highest BCUT2D eigenvalue weighted by atomic mass is 35.5. The Morgan fingerprint density at radius 1 is 1.21 bits per heavy atom. The number of amides is 2. The molecule has 3 heterocycles. The van der Waals surface area contributed by atoms with Crippen molar-refractivity contribution in [3.63, 3.8) is 0 Å². The van der Waals surface area contributed by atoms with E-state index in [0.717, 1.165) is 10.5 Å². The number of piperidine rings is 1. The van der Waals surface area contributed by atoms with Crippen molar-refractivity contribution in [3.8, 4) is 0 Å². The molecule has 1 N–H and O–H groups in total. The summed E-state index contributed by atoms with van der Waals surface area (Å²) in [7, 11) is 2.84. The molecule has 1 aliphatic rings. The Balaban J connectivity index is 1.52. The summed E-state index contributed by atoms with van der Waals surface area (Å²) in [4.78, 5) is 44.5. The van der Waals surface area contributed by atoms with Gasteiger partial charge in [-0.1, -0.05) is 28.9 Å². The maximum Gasteiger partial charge on any atom is 0.298 e. The molecule has 0 atom stereocenters. The first kappa shape index (κ1) is 23.8. The van der Waals surface area contributed by atoms with Gasteiger partial charge < -0.3 is 19.4 Å². The van der Waals surface area contributed by atoms with E-state index in [-0.39, 0.29) is 46.4 Å². The van der Waals surface area contributed by atoms with Gasteiger partial charge in [0.25, 0.3) is 17.6 Å². The first-order chi connectivity index (χ1) is 16.1. The minimum atomic E-state index is -1.03. The summed E-state index contributed by atoms with van der Waals surface area (Å²) in [5.74, 6) is -2.95. The van der Waals surface area contributed by atoms with Crippen molar-refractivity contribution < 1.29 is 28.4 Å². The molecule has 178 valence electrons. The molecule has 9 nitrogen and oxygen atoms in total. The average Bonchev–Trinajstić information content (AvgIpc) is 3.21. The predicted molar refractivity (Wildman–Crippen MR) is 120 cm³/mol. The summed E-state index contributed by atoms with van der Waals surface area (Å²) in [6.45, 7) is 0.502. The molecular formula is C23H22ClFN4O5. The number of carbonyl (C=O) groups excluding carboxylic acids is 3. The van der Waals surface area contributed by atoms with E-state index in [9.17, 15) is 23.9 Å². The Bertz CT molecular complexity index is 1270. The van der Waals surface area contributed by atoms with Crippen molar-refractivity contribution in [1.82, 2.24) is 19.9 Å². The standard InChI is InChI=1S/C23H22ClFN4O5/c1-28(2)22(32)19(30)20-18-16(27-34-20)11-15(24)17(26-18)21(31)29-9-7-23(33,8-10-29)12-13-3-5-14(25)6-4-13/h3-6,11,33H,7-10,12H2,1-2H3. The van der Waals surface area contributed by atoms with E-state index in [2.05, 4.69) is 10.1 Å². The summed E-state index contributed by atoms with van der Waals surface area (Å²) in [6.07, 6.45) is 0.959. The van der Waals surface area contributed by atoms with Crippen LogP contribution in [-0.2, 0) is 11.2 Å². The van der Waals surface area contributed by atoms with Crippen LogP contribution in [0.4, 0.5) is 4.39 Å². The maximum absolute atomic E-state index is 13.2. The normalized spacial score (nSPS) is 15.4. The number of Topliss-reactive ketones (excluding diaryl/α,β-unsaturated/α-hetero) is 1. The van der Waals surface area contributed by atoms with Crippen LogP contribution in [0.2, 0.25) is 5.02 Å². The monoisotopic (exact) mass is 488 g/mol. The first-order valence-corrected chi connectivity index (χ1v) is 10.9. The van der Waals surface area contributed by atoms with Crippen LogP contribution >= 0.6 is 11.6 Å². The third-order valence-corrected chi connectivity index (χ3v) is 6.13. The van der Waals surface area contributed by atoms with Crippen LogP contribution in [0.1, 0.15) is 39.4 Å². The lowest BCUT2D eigenvalue weighted by atomic mass is 9.85. The van der Waals surface area contributed by atoms with Crippen molar-refractivity contribution in [2.45, 2.75) is 24.9 Å². The molecule has 1 aromatic carbocycles. The maximum atomic E-state index is 13.2. The molecule has 0 radical (unpaired) electrons. The van der Waals surface area contributed by atoms with Gasteiger partial charge in [-0.3, -0.25) is 14.4 Å². The van der Waals surface area contributed by atoms with Gasteiger partial charge in [0.2, 0.25) is 5.76 Å². The van der Waals surface area contributed by atoms with E-state index >= 15 is 0 Å². The van der Waals surface area contributed by atoms with Gasteiger partial charge in [0.15, 0.2) is 0 Å². The number of nitrogens with zero attached hydrogens (tertiary/aromatic N) is 4. The van der Waals surface area contributed by atoms with Crippen LogP contribution in [0, 0.1) is 5.82 Å². The molecule has 4 rings (SSSR count). The van der Waals surface area contributed by atoms with Crippen molar-refractivity contribution in [2.24, 2.45) is 0 Å². The molecule has 1 saturated heterocycles. The highest BCUT2D eigenvalue weighted by Gasteiger charge is 2.36. The number of ketones is 1. The highest BCUT2D eigenvalue weighted by Crippen LogP contribution is 2.29. The Kier molecular flexibility index (Phi) is 6.37. The molecule has 2 amide bonds. The van der Waals surface area contributed by atoms with E-state index in [1.807, 2.05) is 0 Å². The number of hydrogen-bond donors (Lipinski definition) is 1. The third-order valence-electron chi connectivity index (χ3n) is 5.84. The number of likely N-dealkylation sites (tertiary alicyclic amines) is 1. The van der Waals surface area contributed by atoms with E-state index in [1.165, 1.54) is 37.2 Å². The molecule has 0 aliphatic carbocycles. The van der Waals surface area contributed by atoms with Gasteiger partial charge in [-0.2, -0.15) is 0 Å². The lowest BCUT2D eigenvalue weighted by Crippen LogP contribution is -2.48. The zero-order valence-electron chi connectivity index (χ0n) is 18.5. The van der Waals surface area contributed by atoms with E-state index in [4.69, 9.17) is 16.1 Å². The first-order valence-electron chi connectivity index (χ1n) is 10.6. The largest absolute Gasteiger partial charge is 0.389 e. The molecule has 0 unspecified atom stereocenters. The van der Waals surface area contributed by atoms with Gasteiger partial charge in [0, 0.05) is 33.6 Å². The molecule has 0 saturated carbocycles. The second-order valence-electron chi connectivity index (χ2n) is 8.55. The molecular weight excluding hydrogens is 467 g/mol. The van der Waals surface area contributed by atoms with Crippen LogP contribution in [-0.4, -0.2) is 75.4 Å². The van der Waals surface area contributed by atoms with Crippen molar-refractivity contribution >= 4 is 40.2 Å². The SMILES string of the molecule is CN(C)C(=O)C(=O)c1onc2cc(Cl)c(C(=O)N3CCC(O)(Cc4ccc(F)cc4)CC3)nc12. The Hall–Kier alpha value is -3.37. The number of likely N-dealkylation sites (N-methyl/N-ethyl adjacent to an activating group) is 1. The van der Waals surface area contributed by atoms with Gasteiger partial charge in [0.05, 0.1) is 10.6 Å². The topological polar surface area (TPSA) is 117 Å². The number of carbonyl (C=O) groups is 3. The summed E-state index contributed by atoms with van der Waals surface area (Å²) in [6, 6.07) is 7.30. The minimum absolute atomic E-state index is 0.0240. The smallest absolute Gasteiger partial charge is 0.298 e. The third kappa shape index (κ3) is 4.64. The quantitative estimate of drug-likeness (QED) is 0.433. The fourth-order valence-electron chi connectivity index (χ4n) is 3.89. The number of hydrogen-bond acceptors (Lipinski definition) is 7. The second kappa shape index (κ2) is 9.11. The predicted octanol–water partition coefficient (Wildman–Crippen LogP) is 2.50. The number of benzene rings is 1. The lowest BCUT2D eigenvalue weighted by Gasteiger charge is -2.38. The molecule has 34 heavy (non-hydrogen) atoms. The summed E-state index contributed by atoms with van der Waals surface area (Å²) in [5, 5.41) is 14.7. The van der Waals surface area contributed by atoms with Crippen molar-refractivity contribution in [3.05, 3.63) is 58.2 Å². The minimum Gasteiger partial charge on any atom is -0.389 e. The van der Waals surface area contributed by atoms with E-state index in [0.29, 0.717) is 19.3 Å². The van der Waals surface area contributed by atoms with Crippen molar-refractivity contribution in [1.29, 1.82) is 0 Å². The number of rotatable bonds is 5. The van der Waals surface area contributed by atoms with Crippen LogP contribution < -0.4 is 0 Å². The van der Waals surface area contributed by atoms with Crippen LogP contribution in [0.3, 0.4) is 0 Å². The summed E-state index contributed by atoms with van der Waals surface area (Å²) in [5.41, 5.74) is -0.221. The number of aromatic nitrogens is 2. The number of aliphatic hydroxyl groups is 1. The van der Waals surface area contributed by atoms with Gasteiger partial charge in [-0.05, 0) is 36.6 Å². The van der Waals surface area contributed by atoms with E-state index in [1.54, 1.807) is 12.1 Å². The summed E-state index contributed by atoms with van der Waals surface area (Å²) >= 11 is 6.26. The highest BCUT2D eigenvalue weighted by molar-refractivity contribution is 6.43. The number of fused-ring (bicyclic) bond motifs is 1. The van der Waals surface area contributed by atoms with Crippen LogP contribution in [0.15, 0.2) is 34.9 Å². The van der Waals surface area contributed by atoms with Gasteiger partial charge in [-0.25, -0.2) is 9.37 Å². The zero-order valence-corrected chi connectivity index (χ0v) is 19.3. The van der Waals surface area contributed by atoms with Gasteiger partial charge in [-0.15, -0.1) is 0 Å². The molecule has 11 heteroatoms. The molecule has 3 aromatic rings. The summed E-state index contributed by atoms with van der Waals surface area (Å²) < 4.78 is 18.2. The molecule has 1 fully saturated rings. The zero-order chi connectivity index (χ0) is 24.6. The molecule has 0 bridgehead atoms. The second-order valence-corrected chi connectivity index (χ2v) is 8.95. The fraction of sp³-hybridized carbons (Fsp3) is 0.348. The number of halogens is 2. The lowest BCUT2D eigenvalue weighted by molar-refractivity contribution is -0.124. The Morgan fingerprint density at radius 3 is 2.47 bits per heavy atom. The van der Waals surface area contributed by atoms with Crippen LogP contribution in [0.25, 0.3) is 11.0 Å². The van der Waals surface area contributed by atoms with E-state index < -0.39 is 23.2 Å². The Morgan fingerprint density at radius 2 is 1.85 bits per heavy atom.